The highest BCUT2D eigenvalue weighted by molar-refractivity contribution is 5.66. The lowest BCUT2D eigenvalue weighted by atomic mass is 9.89. The summed E-state index contributed by atoms with van der Waals surface area (Å²) in [5, 5.41) is 8.86. The Balaban J connectivity index is 4.87. The second kappa shape index (κ2) is 28.8. The van der Waals surface area contributed by atoms with E-state index < -0.39 is 5.97 Å². The van der Waals surface area contributed by atoms with Gasteiger partial charge in [0.25, 0.3) is 0 Å². The van der Waals surface area contributed by atoms with Gasteiger partial charge in [0.2, 0.25) is 0 Å². The lowest BCUT2D eigenvalue weighted by Gasteiger charge is -2.17. The van der Waals surface area contributed by atoms with Crippen molar-refractivity contribution in [3.8, 4) is 0 Å². The fourth-order valence-electron chi connectivity index (χ4n) is 5.46. The average molecular weight is 507 g/mol. The molecule has 0 atom stereocenters. The first-order valence-corrected chi connectivity index (χ1v) is 16.6. The molecule has 0 radical (unpaired) electrons. The Labute approximate surface area is 227 Å². The van der Waals surface area contributed by atoms with Gasteiger partial charge in [-0.05, 0) is 57.8 Å². The number of hydrogen-bond donors (Lipinski definition) is 1. The molecule has 0 aliphatic rings. The molecule has 0 saturated heterocycles. The summed E-state index contributed by atoms with van der Waals surface area (Å²) in [6, 6.07) is 0. The van der Waals surface area contributed by atoms with Crippen LogP contribution in [-0.2, 0) is 4.79 Å². The second-order valence-corrected chi connectivity index (χ2v) is 11.4. The Bertz CT molecular complexity index is 475. The van der Waals surface area contributed by atoms with Crippen molar-refractivity contribution < 1.29 is 9.90 Å². The molecule has 0 saturated carbocycles. The third kappa shape index (κ3) is 24.9. The molecule has 0 rings (SSSR count). The van der Waals surface area contributed by atoms with Gasteiger partial charge in [-0.2, -0.15) is 0 Å². The van der Waals surface area contributed by atoms with Crippen LogP contribution in [-0.4, -0.2) is 11.1 Å². The first kappa shape index (κ1) is 35.2. The summed E-state index contributed by atoms with van der Waals surface area (Å²) in [7, 11) is 0. The number of allylic oxidation sites excluding steroid dienone is 2. The van der Waals surface area contributed by atoms with E-state index in [4.69, 9.17) is 5.11 Å². The number of hydrogen-bond acceptors (Lipinski definition) is 1. The Morgan fingerprint density at radius 3 is 0.833 bits per heavy atom. The summed E-state index contributed by atoms with van der Waals surface area (Å²) in [6.07, 6.45) is 36.4. The molecule has 0 bridgehead atoms. The van der Waals surface area contributed by atoms with E-state index in [2.05, 4.69) is 20.8 Å². The first-order chi connectivity index (χ1) is 17.7. The standard InChI is InChI=1S/C34H66O2/c1-4-7-10-13-17-22-27-32(28-23-18-14-11-8-5-2)33(29-24-19-15-12-9-6-3)30-25-20-16-21-26-31-34(35)36/h4-31H2,1-3H3,(H,35,36). The number of carboxylic acids is 1. The molecule has 0 fully saturated rings. The lowest BCUT2D eigenvalue weighted by Crippen LogP contribution is -1.97. The summed E-state index contributed by atoms with van der Waals surface area (Å²) in [6.45, 7) is 6.92. The predicted octanol–water partition coefficient (Wildman–Crippen LogP) is 12.4. The van der Waals surface area contributed by atoms with Crippen molar-refractivity contribution in [1.82, 2.24) is 0 Å². The van der Waals surface area contributed by atoms with Crippen LogP contribution in [0, 0.1) is 0 Å². The van der Waals surface area contributed by atoms with Crippen LogP contribution < -0.4 is 0 Å². The van der Waals surface area contributed by atoms with Gasteiger partial charge in [0.05, 0.1) is 0 Å². The van der Waals surface area contributed by atoms with E-state index in [1.54, 1.807) is 0 Å². The molecule has 0 spiro atoms. The van der Waals surface area contributed by atoms with Crippen molar-refractivity contribution in [1.29, 1.82) is 0 Å². The quantitative estimate of drug-likeness (QED) is 0.0808. The normalized spacial score (nSPS) is 11.2. The fourth-order valence-corrected chi connectivity index (χ4v) is 5.46. The minimum Gasteiger partial charge on any atom is -0.481 e. The topological polar surface area (TPSA) is 37.3 Å². The molecule has 0 heterocycles. The van der Waals surface area contributed by atoms with Crippen LogP contribution in [0.5, 0.6) is 0 Å². The molecular weight excluding hydrogens is 440 g/mol. The van der Waals surface area contributed by atoms with E-state index in [-0.39, 0.29) is 0 Å². The number of carboxylic acid groups (broad SMARTS) is 1. The molecule has 214 valence electrons. The third-order valence-corrected chi connectivity index (χ3v) is 7.87. The Morgan fingerprint density at radius 1 is 0.361 bits per heavy atom. The summed E-state index contributed by atoms with van der Waals surface area (Å²) in [5.74, 6) is -0.645. The van der Waals surface area contributed by atoms with Crippen molar-refractivity contribution in [3.63, 3.8) is 0 Å². The van der Waals surface area contributed by atoms with Gasteiger partial charge in [-0.25, -0.2) is 0 Å². The van der Waals surface area contributed by atoms with Crippen LogP contribution in [0.15, 0.2) is 11.1 Å². The molecule has 2 nitrogen and oxygen atoms in total. The van der Waals surface area contributed by atoms with Gasteiger partial charge in [-0.1, -0.05) is 147 Å². The summed E-state index contributed by atoms with van der Waals surface area (Å²) >= 11 is 0. The number of aliphatic carboxylic acids is 1. The zero-order valence-electron chi connectivity index (χ0n) is 25.2. The maximum atomic E-state index is 10.7. The molecule has 2 heteroatoms. The molecule has 0 amide bonds. The van der Waals surface area contributed by atoms with Crippen molar-refractivity contribution in [3.05, 3.63) is 11.1 Å². The molecule has 0 aliphatic carbocycles. The van der Waals surface area contributed by atoms with E-state index in [9.17, 15) is 4.79 Å². The van der Waals surface area contributed by atoms with Crippen LogP contribution in [0.2, 0.25) is 0 Å². The van der Waals surface area contributed by atoms with E-state index >= 15 is 0 Å². The average Bonchev–Trinajstić information content (AvgIpc) is 2.87. The Morgan fingerprint density at radius 2 is 0.583 bits per heavy atom. The predicted molar refractivity (Wildman–Crippen MR) is 161 cm³/mol. The van der Waals surface area contributed by atoms with Gasteiger partial charge in [0.15, 0.2) is 0 Å². The van der Waals surface area contributed by atoms with Gasteiger partial charge < -0.3 is 5.11 Å². The molecule has 0 aromatic carbocycles. The summed E-state index contributed by atoms with van der Waals surface area (Å²) in [4.78, 5) is 10.7. The molecule has 0 aromatic rings. The van der Waals surface area contributed by atoms with Crippen LogP contribution in [0.1, 0.15) is 201 Å². The molecule has 0 aromatic heterocycles. The van der Waals surface area contributed by atoms with Crippen LogP contribution in [0.25, 0.3) is 0 Å². The highest BCUT2D eigenvalue weighted by Crippen LogP contribution is 2.29. The van der Waals surface area contributed by atoms with Crippen LogP contribution in [0.3, 0.4) is 0 Å². The van der Waals surface area contributed by atoms with Crippen molar-refractivity contribution in [2.75, 3.05) is 0 Å². The van der Waals surface area contributed by atoms with Gasteiger partial charge in [0.1, 0.15) is 0 Å². The molecule has 0 aliphatic heterocycles. The Hall–Kier alpha value is -0.790. The molecule has 36 heavy (non-hydrogen) atoms. The largest absolute Gasteiger partial charge is 0.481 e. The molecule has 1 N–H and O–H groups in total. The maximum Gasteiger partial charge on any atom is 0.303 e. The highest BCUT2D eigenvalue weighted by Gasteiger charge is 2.09. The van der Waals surface area contributed by atoms with E-state index in [1.807, 2.05) is 11.1 Å². The summed E-state index contributed by atoms with van der Waals surface area (Å²) < 4.78 is 0. The third-order valence-electron chi connectivity index (χ3n) is 7.87. The minimum atomic E-state index is -0.645. The van der Waals surface area contributed by atoms with Crippen LogP contribution >= 0.6 is 0 Å². The summed E-state index contributed by atoms with van der Waals surface area (Å²) in [5.41, 5.74) is 3.68. The number of rotatable bonds is 29. The number of carbonyl (C=O) groups is 1. The molecular formula is C34H66O2. The number of unbranched alkanes of at least 4 members (excludes halogenated alkanes) is 19. The fraction of sp³-hybridized carbons (Fsp3) is 0.912. The first-order valence-electron chi connectivity index (χ1n) is 16.6. The van der Waals surface area contributed by atoms with Gasteiger partial charge >= 0.3 is 5.97 Å². The van der Waals surface area contributed by atoms with E-state index in [0.717, 1.165) is 12.8 Å². The molecule has 0 unspecified atom stereocenters. The van der Waals surface area contributed by atoms with Gasteiger partial charge in [0, 0.05) is 6.42 Å². The highest BCUT2D eigenvalue weighted by atomic mass is 16.4. The van der Waals surface area contributed by atoms with E-state index in [1.165, 1.54) is 161 Å². The van der Waals surface area contributed by atoms with Gasteiger partial charge in [-0.3, -0.25) is 4.79 Å². The zero-order valence-corrected chi connectivity index (χ0v) is 25.2. The van der Waals surface area contributed by atoms with Gasteiger partial charge in [-0.15, -0.1) is 0 Å². The maximum absolute atomic E-state index is 10.7. The Kier molecular flexibility index (Phi) is 28.1. The smallest absolute Gasteiger partial charge is 0.303 e. The zero-order chi connectivity index (χ0) is 26.5. The minimum absolute atomic E-state index is 0.337. The lowest BCUT2D eigenvalue weighted by molar-refractivity contribution is -0.137. The van der Waals surface area contributed by atoms with Crippen molar-refractivity contribution in [2.45, 2.75) is 201 Å². The second-order valence-electron chi connectivity index (χ2n) is 11.4. The monoisotopic (exact) mass is 507 g/mol. The van der Waals surface area contributed by atoms with Crippen molar-refractivity contribution in [2.24, 2.45) is 0 Å². The van der Waals surface area contributed by atoms with Crippen LogP contribution in [0.4, 0.5) is 0 Å². The van der Waals surface area contributed by atoms with Crippen molar-refractivity contribution >= 4 is 5.97 Å². The van der Waals surface area contributed by atoms with E-state index in [0.29, 0.717) is 6.42 Å². The SMILES string of the molecule is CCCCCCCCC(CCCCCCCC)=C(CCCCCCCC)CCCCCCCC(=O)O.